The second-order valence-corrected chi connectivity index (χ2v) is 5.90. The van der Waals surface area contributed by atoms with Gasteiger partial charge in [0.1, 0.15) is 23.0 Å². The lowest BCUT2D eigenvalue weighted by Crippen LogP contribution is -1.88. The topological polar surface area (TPSA) is 31.4 Å². The lowest BCUT2D eigenvalue weighted by molar-refractivity contribution is 0.471. The summed E-state index contributed by atoms with van der Waals surface area (Å²) < 4.78 is 11.8. The van der Waals surface area contributed by atoms with E-state index < -0.39 is 0 Å². The van der Waals surface area contributed by atoms with Gasteiger partial charge in [-0.05, 0) is 60.7 Å². The highest BCUT2D eigenvalue weighted by molar-refractivity contribution is 6.31. The zero-order chi connectivity index (χ0) is 17.1. The summed E-state index contributed by atoms with van der Waals surface area (Å²) in [6.45, 7) is 0. The standard InChI is InChI=1S/C21H14ClNO2/c22-15-6-11-19-20(14-15)23-13-12-21(19)25-18-9-7-17(8-10-18)24-16-4-2-1-3-5-16/h1-14H. The second kappa shape index (κ2) is 6.83. The van der Waals surface area contributed by atoms with Crippen LogP contribution in [-0.4, -0.2) is 4.98 Å². The molecular formula is C21H14ClNO2. The first-order chi connectivity index (χ1) is 12.3. The number of rotatable bonds is 4. The van der Waals surface area contributed by atoms with Crippen LogP contribution >= 0.6 is 11.6 Å². The van der Waals surface area contributed by atoms with Gasteiger partial charge in [0, 0.05) is 16.6 Å². The fourth-order valence-corrected chi connectivity index (χ4v) is 2.68. The summed E-state index contributed by atoms with van der Waals surface area (Å²) in [4.78, 5) is 4.32. The first-order valence-corrected chi connectivity index (χ1v) is 8.21. The highest BCUT2D eigenvalue weighted by Crippen LogP contribution is 2.31. The number of nitrogens with zero attached hydrogens (tertiary/aromatic N) is 1. The molecule has 4 aromatic rings. The Hall–Kier alpha value is -3.04. The smallest absolute Gasteiger partial charge is 0.138 e. The maximum Gasteiger partial charge on any atom is 0.138 e. The minimum Gasteiger partial charge on any atom is -0.457 e. The van der Waals surface area contributed by atoms with Crippen molar-refractivity contribution in [3.63, 3.8) is 0 Å². The molecule has 1 aromatic heterocycles. The lowest BCUT2D eigenvalue weighted by atomic mass is 10.2. The molecule has 122 valence electrons. The van der Waals surface area contributed by atoms with Crippen LogP contribution in [-0.2, 0) is 0 Å². The van der Waals surface area contributed by atoms with Crippen LogP contribution in [0.4, 0.5) is 0 Å². The van der Waals surface area contributed by atoms with Gasteiger partial charge in [-0.3, -0.25) is 4.98 Å². The number of halogens is 1. The Morgan fingerprint density at radius 2 is 1.36 bits per heavy atom. The summed E-state index contributed by atoms with van der Waals surface area (Å²) >= 11 is 6.02. The molecule has 0 spiro atoms. The van der Waals surface area contributed by atoms with Gasteiger partial charge in [-0.2, -0.15) is 0 Å². The molecule has 4 rings (SSSR count). The van der Waals surface area contributed by atoms with Crippen molar-refractivity contribution in [1.82, 2.24) is 4.98 Å². The van der Waals surface area contributed by atoms with Gasteiger partial charge in [0.15, 0.2) is 0 Å². The quantitative estimate of drug-likeness (QED) is 0.423. The zero-order valence-corrected chi connectivity index (χ0v) is 14.0. The summed E-state index contributed by atoms with van der Waals surface area (Å²) in [6.07, 6.45) is 1.71. The average molecular weight is 348 g/mol. The number of hydrogen-bond donors (Lipinski definition) is 0. The molecule has 0 N–H and O–H groups in total. The average Bonchev–Trinajstić information content (AvgIpc) is 2.64. The second-order valence-electron chi connectivity index (χ2n) is 5.46. The van der Waals surface area contributed by atoms with E-state index in [1.54, 1.807) is 6.20 Å². The molecular weight excluding hydrogens is 334 g/mol. The summed E-state index contributed by atoms with van der Waals surface area (Å²) in [5.74, 6) is 3.01. The van der Waals surface area contributed by atoms with Crippen molar-refractivity contribution >= 4 is 22.5 Å². The summed E-state index contributed by atoms with van der Waals surface area (Å²) in [7, 11) is 0. The highest BCUT2D eigenvalue weighted by atomic mass is 35.5. The fourth-order valence-electron chi connectivity index (χ4n) is 2.51. The van der Waals surface area contributed by atoms with Gasteiger partial charge in [0.05, 0.1) is 5.52 Å². The lowest BCUT2D eigenvalue weighted by Gasteiger charge is -2.10. The van der Waals surface area contributed by atoms with E-state index in [0.717, 1.165) is 33.9 Å². The van der Waals surface area contributed by atoms with Gasteiger partial charge in [-0.25, -0.2) is 0 Å². The molecule has 0 aliphatic rings. The third kappa shape index (κ3) is 3.57. The van der Waals surface area contributed by atoms with Gasteiger partial charge in [-0.15, -0.1) is 0 Å². The van der Waals surface area contributed by atoms with E-state index in [0.29, 0.717) is 5.02 Å². The van der Waals surface area contributed by atoms with Crippen LogP contribution in [0.5, 0.6) is 23.0 Å². The molecule has 4 heteroatoms. The highest BCUT2D eigenvalue weighted by Gasteiger charge is 2.06. The van der Waals surface area contributed by atoms with Crippen molar-refractivity contribution in [2.45, 2.75) is 0 Å². The van der Waals surface area contributed by atoms with Crippen molar-refractivity contribution in [3.05, 3.63) is 90.1 Å². The van der Waals surface area contributed by atoms with Crippen LogP contribution in [0.2, 0.25) is 5.02 Å². The molecule has 0 amide bonds. The van der Waals surface area contributed by atoms with Crippen molar-refractivity contribution in [2.24, 2.45) is 0 Å². The van der Waals surface area contributed by atoms with Crippen molar-refractivity contribution < 1.29 is 9.47 Å². The van der Waals surface area contributed by atoms with Gasteiger partial charge in [0.25, 0.3) is 0 Å². The summed E-state index contributed by atoms with van der Waals surface area (Å²) in [6, 6.07) is 24.6. The van der Waals surface area contributed by atoms with E-state index in [-0.39, 0.29) is 0 Å². The molecule has 0 radical (unpaired) electrons. The minimum atomic E-state index is 0.652. The molecule has 0 unspecified atom stereocenters. The molecule has 25 heavy (non-hydrogen) atoms. The van der Waals surface area contributed by atoms with Gasteiger partial charge in [-0.1, -0.05) is 29.8 Å². The van der Waals surface area contributed by atoms with E-state index in [4.69, 9.17) is 21.1 Å². The SMILES string of the molecule is Clc1ccc2c(Oc3ccc(Oc4ccccc4)cc3)ccnc2c1. The molecule has 1 heterocycles. The van der Waals surface area contributed by atoms with Crippen LogP contribution in [0.15, 0.2) is 85.1 Å². The van der Waals surface area contributed by atoms with Crippen LogP contribution < -0.4 is 9.47 Å². The Morgan fingerprint density at radius 3 is 2.12 bits per heavy atom. The normalized spacial score (nSPS) is 10.6. The Balaban J connectivity index is 1.55. The molecule has 0 saturated heterocycles. The number of fused-ring (bicyclic) bond motifs is 1. The minimum absolute atomic E-state index is 0.652. The van der Waals surface area contributed by atoms with Crippen LogP contribution in [0, 0.1) is 0 Å². The molecule has 0 bridgehead atoms. The van der Waals surface area contributed by atoms with Crippen molar-refractivity contribution in [3.8, 4) is 23.0 Å². The Kier molecular flexibility index (Phi) is 4.23. The van der Waals surface area contributed by atoms with Crippen LogP contribution in [0.1, 0.15) is 0 Å². The van der Waals surface area contributed by atoms with Crippen LogP contribution in [0.25, 0.3) is 10.9 Å². The number of benzene rings is 3. The summed E-state index contributed by atoms with van der Waals surface area (Å²) in [5, 5.41) is 1.57. The largest absolute Gasteiger partial charge is 0.457 e. The third-order valence-corrected chi connectivity index (χ3v) is 3.93. The van der Waals surface area contributed by atoms with E-state index in [2.05, 4.69) is 4.98 Å². The van der Waals surface area contributed by atoms with Crippen molar-refractivity contribution in [1.29, 1.82) is 0 Å². The van der Waals surface area contributed by atoms with E-state index in [9.17, 15) is 0 Å². The fraction of sp³-hybridized carbons (Fsp3) is 0. The number of ether oxygens (including phenoxy) is 2. The third-order valence-electron chi connectivity index (χ3n) is 3.70. The molecule has 3 aromatic carbocycles. The van der Waals surface area contributed by atoms with E-state index >= 15 is 0 Å². The maximum atomic E-state index is 6.02. The predicted octanol–water partition coefficient (Wildman–Crippen LogP) is 6.47. The first kappa shape index (κ1) is 15.5. The molecule has 0 saturated carbocycles. The molecule has 0 aliphatic heterocycles. The van der Waals surface area contributed by atoms with Gasteiger partial charge < -0.3 is 9.47 Å². The Morgan fingerprint density at radius 1 is 0.680 bits per heavy atom. The number of pyridine rings is 1. The van der Waals surface area contributed by atoms with Crippen LogP contribution in [0.3, 0.4) is 0 Å². The zero-order valence-electron chi connectivity index (χ0n) is 13.2. The number of para-hydroxylation sites is 1. The monoisotopic (exact) mass is 347 g/mol. The van der Waals surface area contributed by atoms with E-state index in [1.165, 1.54) is 0 Å². The molecule has 0 fully saturated rings. The molecule has 3 nitrogen and oxygen atoms in total. The molecule has 0 aliphatic carbocycles. The maximum absolute atomic E-state index is 6.02. The van der Waals surface area contributed by atoms with Crippen molar-refractivity contribution in [2.75, 3.05) is 0 Å². The Labute approximate surface area is 150 Å². The Bertz CT molecular complexity index is 1000. The van der Waals surface area contributed by atoms with E-state index in [1.807, 2.05) is 78.9 Å². The molecule has 0 atom stereocenters. The van der Waals surface area contributed by atoms with Gasteiger partial charge >= 0.3 is 0 Å². The predicted molar refractivity (Wildman–Crippen MR) is 99.8 cm³/mol. The van der Waals surface area contributed by atoms with Gasteiger partial charge in [0.2, 0.25) is 0 Å². The number of aromatic nitrogens is 1. The summed E-state index contributed by atoms with van der Waals surface area (Å²) in [5.41, 5.74) is 0.800. The number of hydrogen-bond acceptors (Lipinski definition) is 3. The first-order valence-electron chi connectivity index (χ1n) is 7.83.